The third-order valence-electron chi connectivity index (χ3n) is 4.92. The Morgan fingerprint density at radius 3 is 2.55 bits per heavy atom. The summed E-state index contributed by atoms with van der Waals surface area (Å²) in [7, 11) is 0. The molecule has 1 saturated heterocycles. The Labute approximate surface area is 168 Å². The van der Waals surface area contributed by atoms with Gasteiger partial charge in [-0.25, -0.2) is 4.39 Å². The summed E-state index contributed by atoms with van der Waals surface area (Å²) in [4.78, 5) is 29.0. The van der Waals surface area contributed by atoms with E-state index in [1.54, 1.807) is 11.0 Å². The SMILES string of the molecule is O=C(CN1CC(C(=O)N2CCOCC2)Oc2ccccc21)Nc1ccc(F)cc1. The summed E-state index contributed by atoms with van der Waals surface area (Å²) in [5, 5.41) is 2.75. The fraction of sp³-hybridized carbons (Fsp3) is 0.333. The highest BCUT2D eigenvalue weighted by atomic mass is 19.1. The van der Waals surface area contributed by atoms with Crippen LogP contribution in [0.2, 0.25) is 0 Å². The summed E-state index contributed by atoms with van der Waals surface area (Å²) in [6, 6.07) is 12.9. The largest absolute Gasteiger partial charge is 0.477 e. The van der Waals surface area contributed by atoms with Crippen LogP contribution in [0, 0.1) is 5.82 Å². The number of amides is 2. The number of ether oxygens (including phenoxy) is 2. The smallest absolute Gasteiger partial charge is 0.265 e. The van der Waals surface area contributed by atoms with E-state index in [0.717, 1.165) is 5.69 Å². The van der Waals surface area contributed by atoms with Crippen molar-refractivity contribution in [3.05, 3.63) is 54.3 Å². The monoisotopic (exact) mass is 399 g/mol. The molecule has 0 aliphatic carbocycles. The second kappa shape index (κ2) is 8.48. The summed E-state index contributed by atoms with van der Waals surface area (Å²) >= 11 is 0. The number of nitrogens with one attached hydrogen (secondary N) is 1. The van der Waals surface area contributed by atoms with Gasteiger partial charge >= 0.3 is 0 Å². The zero-order chi connectivity index (χ0) is 20.2. The minimum atomic E-state index is -0.693. The predicted molar refractivity (Wildman–Crippen MR) is 105 cm³/mol. The Morgan fingerprint density at radius 1 is 1.07 bits per heavy atom. The Morgan fingerprint density at radius 2 is 1.79 bits per heavy atom. The summed E-state index contributed by atoms with van der Waals surface area (Å²) in [6.07, 6.45) is -0.693. The lowest BCUT2D eigenvalue weighted by Gasteiger charge is -2.38. The van der Waals surface area contributed by atoms with Gasteiger partial charge in [0.1, 0.15) is 11.6 Å². The third-order valence-corrected chi connectivity index (χ3v) is 4.92. The molecule has 1 atom stereocenters. The van der Waals surface area contributed by atoms with Crippen molar-refractivity contribution in [1.82, 2.24) is 4.90 Å². The quantitative estimate of drug-likeness (QED) is 0.850. The van der Waals surface area contributed by atoms with E-state index < -0.39 is 6.10 Å². The second-order valence-corrected chi connectivity index (χ2v) is 6.95. The van der Waals surface area contributed by atoms with Gasteiger partial charge in [-0.05, 0) is 36.4 Å². The molecule has 2 aromatic carbocycles. The van der Waals surface area contributed by atoms with Gasteiger partial charge in [-0.2, -0.15) is 0 Å². The molecule has 0 spiro atoms. The van der Waals surface area contributed by atoms with Gasteiger partial charge in [0.15, 0.2) is 6.10 Å². The molecule has 1 fully saturated rings. The maximum Gasteiger partial charge on any atom is 0.265 e. The molecule has 0 saturated carbocycles. The minimum Gasteiger partial charge on any atom is -0.477 e. The van der Waals surface area contributed by atoms with E-state index in [9.17, 15) is 14.0 Å². The molecular weight excluding hydrogens is 377 g/mol. The lowest BCUT2D eigenvalue weighted by atomic mass is 10.1. The first-order valence-electron chi connectivity index (χ1n) is 9.53. The van der Waals surface area contributed by atoms with Gasteiger partial charge in [0.25, 0.3) is 5.91 Å². The van der Waals surface area contributed by atoms with Crippen molar-refractivity contribution in [2.24, 2.45) is 0 Å². The van der Waals surface area contributed by atoms with Crippen LogP contribution in [0.1, 0.15) is 0 Å². The summed E-state index contributed by atoms with van der Waals surface area (Å²) in [5.74, 6) is -0.160. The molecule has 2 aliphatic heterocycles. The van der Waals surface area contributed by atoms with Crippen molar-refractivity contribution in [3.63, 3.8) is 0 Å². The first-order valence-corrected chi connectivity index (χ1v) is 9.53. The van der Waals surface area contributed by atoms with E-state index in [1.165, 1.54) is 24.3 Å². The molecule has 0 bridgehead atoms. The third kappa shape index (κ3) is 4.48. The van der Waals surface area contributed by atoms with Crippen LogP contribution in [0.25, 0.3) is 0 Å². The van der Waals surface area contributed by atoms with Crippen molar-refractivity contribution in [3.8, 4) is 5.75 Å². The normalized spacial score (nSPS) is 18.6. The number of hydrogen-bond donors (Lipinski definition) is 1. The van der Waals surface area contributed by atoms with E-state index in [4.69, 9.17) is 9.47 Å². The molecule has 152 valence electrons. The van der Waals surface area contributed by atoms with Crippen molar-refractivity contribution in [2.45, 2.75) is 6.10 Å². The number of carbonyl (C=O) groups excluding carboxylic acids is 2. The highest BCUT2D eigenvalue weighted by molar-refractivity contribution is 5.95. The van der Waals surface area contributed by atoms with E-state index in [-0.39, 0.29) is 30.7 Å². The van der Waals surface area contributed by atoms with Crippen LogP contribution in [-0.4, -0.2) is 62.2 Å². The molecule has 0 aromatic heterocycles. The Balaban J connectivity index is 1.48. The number of rotatable bonds is 4. The van der Waals surface area contributed by atoms with Crippen molar-refractivity contribution >= 4 is 23.2 Å². The lowest BCUT2D eigenvalue weighted by molar-refractivity contribution is -0.142. The average Bonchev–Trinajstić information content (AvgIpc) is 2.75. The molecule has 29 heavy (non-hydrogen) atoms. The second-order valence-electron chi connectivity index (χ2n) is 6.95. The summed E-state index contributed by atoms with van der Waals surface area (Å²) in [6.45, 7) is 2.41. The van der Waals surface area contributed by atoms with Gasteiger partial charge in [-0.1, -0.05) is 12.1 Å². The number of para-hydroxylation sites is 2. The molecule has 4 rings (SSSR count). The van der Waals surface area contributed by atoms with Crippen LogP contribution < -0.4 is 15.0 Å². The van der Waals surface area contributed by atoms with Gasteiger partial charge < -0.3 is 24.6 Å². The zero-order valence-corrected chi connectivity index (χ0v) is 15.8. The summed E-state index contributed by atoms with van der Waals surface area (Å²) in [5.41, 5.74) is 1.27. The molecule has 1 unspecified atom stereocenters. The minimum absolute atomic E-state index is 0.0463. The van der Waals surface area contributed by atoms with E-state index in [1.807, 2.05) is 23.1 Å². The van der Waals surface area contributed by atoms with Crippen LogP contribution in [-0.2, 0) is 14.3 Å². The number of benzene rings is 2. The van der Waals surface area contributed by atoms with Gasteiger partial charge in [-0.3, -0.25) is 9.59 Å². The number of morpholine rings is 1. The predicted octanol–water partition coefficient (Wildman–Crippen LogP) is 1.89. The van der Waals surface area contributed by atoms with Crippen LogP contribution >= 0.6 is 0 Å². The first kappa shape index (κ1) is 19.2. The Hall–Kier alpha value is -3.13. The Bertz CT molecular complexity index is 884. The molecular formula is C21H22FN3O4. The molecule has 2 aliphatic rings. The van der Waals surface area contributed by atoms with Gasteiger partial charge in [0.2, 0.25) is 5.91 Å². The maximum absolute atomic E-state index is 13.1. The standard InChI is InChI=1S/C21H22FN3O4/c22-15-5-7-16(8-6-15)23-20(26)14-25-13-19(21(27)24-9-11-28-12-10-24)29-18-4-2-1-3-17(18)25/h1-8,19H,9-14H2,(H,23,26). The first-order chi connectivity index (χ1) is 14.1. The molecule has 8 heteroatoms. The number of nitrogens with zero attached hydrogens (tertiary/aromatic N) is 2. The van der Waals surface area contributed by atoms with E-state index in [2.05, 4.69) is 5.32 Å². The van der Waals surface area contributed by atoms with Gasteiger partial charge in [0.05, 0.1) is 32.0 Å². The number of hydrogen-bond acceptors (Lipinski definition) is 5. The Kier molecular flexibility index (Phi) is 5.62. The average molecular weight is 399 g/mol. The molecule has 2 aromatic rings. The fourth-order valence-corrected chi connectivity index (χ4v) is 3.48. The van der Waals surface area contributed by atoms with Crippen LogP contribution in [0.4, 0.5) is 15.8 Å². The lowest BCUT2D eigenvalue weighted by Crippen LogP contribution is -2.53. The highest BCUT2D eigenvalue weighted by Crippen LogP contribution is 2.33. The van der Waals surface area contributed by atoms with Crippen molar-refractivity contribution < 1.29 is 23.5 Å². The van der Waals surface area contributed by atoms with Crippen molar-refractivity contribution in [1.29, 1.82) is 0 Å². The molecule has 2 heterocycles. The number of anilines is 2. The maximum atomic E-state index is 13.1. The van der Waals surface area contributed by atoms with E-state index in [0.29, 0.717) is 37.7 Å². The van der Waals surface area contributed by atoms with Crippen LogP contribution in [0.3, 0.4) is 0 Å². The zero-order valence-electron chi connectivity index (χ0n) is 15.8. The van der Waals surface area contributed by atoms with Crippen LogP contribution in [0.15, 0.2) is 48.5 Å². The highest BCUT2D eigenvalue weighted by Gasteiger charge is 2.34. The summed E-state index contributed by atoms with van der Waals surface area (Å²) < 4.78 is 24.3. The molecule has 7 nitrogen and oxygen atoms in total. The van der Waals surface area contributed by atoms with Crippen LogP contribution in [0.5, 0.6) is 5.75 Å². The topological polar surface area (TPSA) is 71.1 Å². The molecule has 0 radical (unpaired) electrons. The molecule has 1 N–H and O–H groups in total. The van der Waals surface area contributed by atoms with E-state index >= 15 is 0 Å². The molecule has 2 amide bonds. The van der Waals surface area contributed by atoms with Crippen molar-refractivity contribution in [2.75, 3.05) is 49.6 Å². The fourth-order valence-electron chi connectivity index (χ4n) is 3.48. The van der Waals surface area contributed by atoms with Gasteiger partial charge in [0, 0.05) is 18.8 Å². The number of carbonyl (C=O) groups is 2. The number of fused-ring (bicyclic) bond motifs is 1. The number of halogens is 1. The van der Waals surface area contributed by atoms with Gasteiger partial charge in [-0.15, -0.1) is 0 Å².